The molecule has 2 aromatic rings. The molecule has 4 nitrogen and oxygen atoms in total. The molecule has 0 saturated heterocycles. The highest BCUT2D eigenvalue weighted by atomic mass is 15.3. The average Bonchev–Trinajstić information content (AvgIpc) is 2.58. The zero-order valence-electron chi connectivity index (χ0n) is 10.3. The molecule has 0 radical (unpaired) electrons. The first kappa shape index (κ1) is 10.6. The Hall–Kier alpha value is -1.58. The third-order valence-corrected chi connectivity index (χ3v) is 4.02. The molecule has 1 aliphatic rings. The number of aryl methyl sites for hydroxylation is 1. The number of rotatable bonds is 2. The highest BCUT2D eigenvalue weighted by Crippen LogP contribution is 2.38. The molecule has 2 aromatic heterocycles. The van der Waals surface area contributed by atoms with E-state index in [-0.39, 0.29) is 0 Å². The van der Waals surface area contributed by atoms with Crippen LogP contribution in [0.15, 0.2) is 12.3 Å². The number of nitrogens with zero attached hydrogens (tertiary/aromatic N) is 3. The summed E-state index contributed by atoms with van der Waals surface area (Å²) in [5, 5.41) is 4.23. The van der Waals surface area contributed by atoms with Gasteiger partial charge in [-0.05, 0) is 25.7 Å². The fraction of sp³-hybridized carbons (Fsp3) is 0.538. The molecule has 0 unspecified atom stereocenters. The van der Waals surface area contributed by atoms with Crippen LogP contribution in [0.1, 0.15) is 43.4 Å². The Morgan fingerprint density at radius 3 is 2.88 bits per heavy atom. The van der Waals surface area contributed by atoms with E-state index < -0.39 is 0 Å². The van der Waals surface area contributed by atoms with E-state index in [9.17, 15) is 0 Å². The van der Waals surface area contributed by atoms with Crippen molar-refractivity contribution in [3.63, 3.8) is 0 Å². The van der Waals surface area contributed by atoms with Crippen LogP contribution in [0.25, 0.3) is 5.65 Å². The second-order valence-corrected chi connectivity index (χ2v) is 5.15. The van der Waals surface area contributed by atoms with E-state index in [0.29, 0.717) is 11.7 Å². The van der Waals surface area contributed by atoms with Crippen molar-refractivity contribution in [3.8, 4) is 0 Å². The van der Waals surface area contributed by atoms with E-state index in [1.165, 1.54) is 19.3 Å². The van der Waals surface area contributed by atoms with Crippen LogP contribution < -0.4 is 5.73 Å². The van der Waals surface area contributed by atoms with Gasteiger partial charge in [-0.15, -0.1) is 0 Å². The van der Waals surface area contributed by atoms with Crippen molar-refractivity contribution < 1.29 is 0 Å². The predicted octanol–water partition coefficient (Wildman–Crippen LogP) is 2.52. The van der Waals surface area contributed by atoms with Crippen molar-refractivity contribution in [2.24, 2.45) is 5.92 Å². The van der Waals surface area contributed by atoms with Gasteiger partial charge < -0.3 is 5.73 Å². The molecule has 0 aromatic carbocycles. The van der Waals surface area contributed by atoms with Gasteiger partial charge in [0, 0.05) is 23.2 Å². The van der Waals surface area contributed by atoms with Crippen LogP contribution in [0.2, 0.25) is 0 Å². The Bertz CT molecular complexity index is 554. The summed E-state index contributed by atoms with van der Waals surface area (Å²) in [6, 6.07) is 1.97. The van der Waals surface area contributed by atoms with Gasteiger partial charge in [-0.1, -0.05) is 13.3 Å². The summed E-state index contributed by atoms with van der Waals surface area (Å²) >= 11 is 0. The van der Waals surface area contributed by atoms with Gasteiger partial charge in [0.1, 0.15) is 5.82 Å². The van der Waals surface area contributed by atoms with Gasteiger partial charge in [0.25, 0.3) is 0 Å². The molecule has 1 saturated carbocycles. The van der Waals surface area contributed by atoms with Crippen molar-refractivity contribution in [1.29, 1.82) is 0 Å². The smallest absolute Gasteiger partial charge is 0.160 e. The summed E-state index contributed by atoms with van der Waals surface area (Å²) in [6.45, 7) is 4.28. The van der Waals surface area contributed by atoms with Crippen LogP contribution >= 0.6 is 0 Å². The molecule has 1 atom stereocenters. The number of hydrogen-bond donors (Lipinski definition) is 1. The fourth-order valence-electron chi connectivity index (χ4n) is 2.53. The molecule has 2 N–H and O–H groups in total. The molecular formula is C13H18N4. The lowest BCUT2D eigenvalue weighted by Crippen LogP contribution is -2.19. The molecule has 1 fully saturated rings. The first-order valence-corrected chi connectivity index (χ1v) is 6.27. The second kappa shape index (κ2) is 3.72. The van der Waals surface area contributed by atoms with E-state index in [1.54, 1.807) is 4.52 Å². The van der Waals surface area contributed by atoms with E-state index in [2.05, 4.69) is 12.0 Å². The topological polar surface area (TPSA) is 56.2 Å². The third kappa shape index (κ3) is 1.59. The maximum atomic E-state index is 6.03. The van der Waals surface area contributed by atoms with E-state index in [0.717, 1.165) is 22.8 Å². The summed E-state index contributed by atoms with van der Waals surface area (Å²) in [4.78, 5) is 4.72. The minimum Gasteiger partial charge on any atom is -0.384 e. The number of hydrogen-bond acceptors (Lipinski definition) is 3. The summed E-state index contributed by atoms with van der Waals surface area (Å²) in [7, 11) is 0. The second-order valence-electron chi connectivity index (χ2n) is 5.15. The van der Waals surface area contributed by atoms with Gasteiger partial charge in [-0.25, -0.2) is 4.98 Å². The Morgan fingerprint density at radius 2 is 2.24 bits per heavy atom. The van der Waals surface area contributed by atoms with Crippen molar-refractivity contribution >= 4 is 11.5 Å². The molecular weight excluding hydrogens is 212 g/mol. The average molecular weight is 230 g/mol. The van der Waals surface area contributed by atoms with Crippen LogP contribution in [0.4, 0.5) is 5.82 Å². The number of anilines is 1. The summed E-state index contributed by atoms with van der Waals surface area (Å²) < 4.78 is 1.71. The molecule has 0 amide bonds. The lowest BCUT2D eigenvalue weighted by Gasteiger charge is -2.31. The molecule has 17 heavy (non-hydrogen) atoms. The van der Waals surface area contributed by atoms with Crippen molar-refractivity contribution in [1.82, 2.24) is 14.6 Å². The predicted molar refractivity (Wildman–Crippen MR) is 67.9 cm³/mol. The SMILES string of the molecule is Cc1cnn2c(N)cc([C@H](C)C3CCC3)nc12. The zero-order valence-corrected chi connectivity index (χ0v) is 10.3. The maximum absolute atomic E-state index is 6.03. The van der Waals surface area contributed by atoms with Crippen LogP contribution in [0, 0.1) is 12.8 Å². The summed E-state index contributed by atoms with van der Waals surface area (Å²) in [6.07, 6.45) is 5.83. The molecule has 0 bridgehead atoms. The quantitative estimate of drug-likeness (QED) is 0.862. The van der Waals surface area contributed by atoms with Gasteiger partial charge in [0.15, 0.2) is 5.65 Å². The maximum Gasteiger partial charge on any atom is 0.160 e. The Morgan fingerprint density at radius 1 is 1.47 bits per heavy atom. The Kier molecular flexibility index (Phi) is 2.31. The van der Waals surface area contributed by atoms with E-state index in [4.69, 9.17) is 10.7 Å². The first-order chi connectivity index (χ1) is 8.16. The number of aromatic nitrogens is 3. The zero-order chi connectivity index (χ0) is 12.0. The minimum atomic E-state index is 0.505. The summed E-state index contributed by atoms with van der Waals surface area (Å²) in [5.74, 6) is 1.97. The lowest BCUT2D eigenvalue weighted by molar-refractivity contribution is 0.269. The molecule has 3 rings (SSSR count). The van der Waals surface area contributed by atoms with Crippen molar-refractivity contribution in [3.05, 3.63) is 23.5 Å². The van der Waals surface area contributed by atoms with Crippen molar-refractivity contribution in [2.75, 3.05) is 5.73 Å². The third-order valence-electron chi connectivity index (χ3n) is 4.02. The van der Waals surface area contributed by atoms with Crippen LogP contribution in [0.3, 0.4) is 0 Å². The van der Waals surface area contributed by atoms with Gasteiger partial charge in [-0.2, -0.15) is 9.61 Å². The molecule has 2 heterocycles. The number of nitrogen functional groups attached to an aromatic ring is 1. The highest BCUT2D eigenvalue weighted by Gasteiger charge is 2.26. The first-order valence-electron chi connectivity index (χ1n) is 6.27. The molecule has 1 aliphatic carbocycles. The van der Waals surface area contributed by atoms with Crippen LogP contribution in [-0.2, 0) is 0 Å². The van der Waals surface area contributed by atoms with Crippen LogP contribution in [-0.4, -0.2) is 14.6 Å². The van der Waals surface area contributed by atoms with Crippen LogP contribution in [0.5, 0.6) is 0 Å². The molecule has 90 valence electrons. The van der Waals surface area contributed by atoms with E-state index >= 15 is 0 Å². The number of nitrogens with two attached hydrogens (primary N) is 1. The monoisotopic (exact) mass is 230 g/mol. The van der Waals surface area contributed by atoms with E-state index in [1.807, 2.05) is 19.2 Å². The summed E-state index contributed by atoms with van der Waals surface area (Å²) in [5.41, 5.74) is 9.12. The standard InChI is InChI=1S/C13H18N4/c1-8-7-15-17-12(14)6-11(16-13(8)17)9(2)10-4-3-5-10/h6-7,9-10H,3-5,14H2,1-2H3/t9-/m1/s1. The van der Waals surface area contributed by atoms with Crippen molar-refractivity contribution in [2.45, 2.75) is 39.0 Å². The van der Waals surface area contributed by atoms with Gasteiger partial charge in [0.2, 0.25) is 0 Å². The fourth-order valence-corrected chi connectivity index (χ4v) is 2.53. The molecule has 0 aliphatic heterocycles. The molecule has 0 spiro atoms. The largest absolute Gasteiger partial charge is 0.384 e. The van der Waals surface area contributed by atoms with Gasteiger partial charge in [0.05, 0.1) is 6.20 Å². The Balaban J connectivity index is 2.07. The highest BCUT2D eigenvalue weighted by molar-refractivity contribution is 5.52. The Labute approximate surface area is 101 Å². The van der Waals surface area contributed by atoms with Gasteiger partial charge in [-0.3, -0.25) is 0 Å². The minimum absolute atomic E-state index is 0.505. The normalized spacial score (nSPS) is 18.2. The molecule has 4 heteroatoms. The number of fused-ring (bicyclic) bond motifs is 1. The van der Waals surface area contributed by atoms with Gasteiger partial charge >= 0.3 is 0 Å². The lowest BCUT2D eigenvalue weighted by atomic mass is 9.75.